The molecule has 0 spiro atoms. The van der Waals surface area contributed by atoms with E-state index < -0.39 is 0 Å². The quantitative estimate of drug-likeness (QED) is 0.772. The molecule has 90 valence electrons. The van der Waals surface area contributed by atoms with Gasteiger partial charge in [-0.05, 0) is 23.9 Å². The molecule has 0 saturated heterocycles. The molecule has 3 rings (SSSR count). The lowest BCUT2D eigenvalue weighted by atomic mass is 10.1. The number of nitrogens with one attached hydrogen (secondary N) is 1. The summed E-state index contributed by atoms with van der Waals surface area (Å²) >= 11 is 1.63. The zero-order chi connectivity index (χ0) is 12.4. The minimum Gasteiger partial charge on any atom is -0.363 e. The van der Waals surface area contributed by atoms with E-state index in [2.05, 4.69) is 40.4 Å². The number of hydrogen-bond donors (Lipinski definition) is 1. The minimum absolute atomic E-state index is 0.226. The smallest absolute Gasteiger partial charge is 0.138 e. The Kier molecular flexibility index (Phi) is 2.94. The van der Waals surface area contributed by atoms with Crippen LogP contribution in [0.3, 0.4) is 0 Å². The van der Waals surface area contributed by atoms with E-state index in [1.807, 2.05) is 23.6 Å². The highest BCUT2D eigenvalue weighted by molar-refractivity contribution is 7.16. The van der Waals surface area contributed by atoms with Crippen molar-refractivity contribution in [1.82, 2.24) is 9.97 Å². The van der Waals surface area contributed by atoms with Gasteiger partial charge in [-0.2, -0.15) is 0 Å². The van der Waals surface area contributed by atoms with Crippen LogP contribution in [0, 0.1) is 0 Å². The fourth-order valence-corrected chi connectivity index (χ4v) is 2.67. The Hall–Kier alpha value is -1.94. The van der Waals surface area contributed by atoms with Crippen molar-refractivity contribution in [3.63, 3.8) is 0 Å². The van der Waals surface area contributed by atoms with Gasteiger partial charge in [-0.25, -0.2) is 9.97 Å². The van der Waals surface area contributed by atoms with E-state index >= 15 is 0 Å². The molecule has 0 aliphatic rings. The molecule has 0 radical (unpaired) electrons. The SMILES string of the molecule is C[C@@H](Nc1ncnc2sccc12)c1ccccc1. The first-order valence-corrected chi connectivity index (χ1v) is 6.72. The maximum absolute atomic E-state index is 4.33. The van der Waals surface area contributed by atoms with Crippen molar-refractivity contribution >= 4 is 27.4 Å². The van der Waals surface area contributed by atoms with Gasteiger partial charge in [-0.3, -0.25) is 0 Å². The molecule has 1 aromatic carbocycles. The molecule has 1 atom stereocenters. The Morgan fingerprint density at radius 2 is 1.94 bits per heavy atom. The molecule has 0 unspecified atom stereocenters. The van der Waals surface area contributed by atoms with Crippen LogP contribution < -0.4 is 5.32 Å². The van der Waals surface area contributed by atoms with Crippen molar-refractivity contribution in [2.75, 3.05) is 5.32 Å². The minimum atomic E-state index is 0.226. The van der Waals surface area contributed by atoms with Gasteiger partial charge in [0.05, 0.1) is 5.39 Å². The molecule has 0 aliphatic carbocycles. The molecule has 3 nitrogen and oxygen atoms in total. The van der Waals surface area contributed by atoms with Crippen LogP contribution in [0.25, 0.3) is 10.2 Å². The third kappa shape index (κ3) is 2.07. The Balaban J connectivity index is 1.91. The average molecular weight is 255 g/mol. The number of aromatic nitrogens is 2. The number of rotatable bonds is 3. The van der Waals surface area contributed by atoms with Crippen LogP contribution in [0.5, 0.6) is 0 Å². The van der Waals surface area contributed by atoms with E-state index in [4.69, 9.17) is 0 Å². The van der Waals surface area contributed by atoms with Crippen molar-refractivity contribution in [1.29, 1.82) is 0 Å². The number of thiophene rings is 1. The Morgan fingerprint density at radius 1 is 1.11 bits per heavy atom. The first-order valence-electron chi connectivity index (χ1n) is 5.84. The number of anilines is 1. The monoisotopic (exact) mass is 255 g/mol. The molecule has 0 bridgehead atoms. The molecule has 2 heterocycles. The first-order chi connectivity index (χ1) is 8.84. The van der Waals surface area contributed by atoms with Crippen LogP contribution in [0.1, 0.15) is 18.5 Å². The largest absolute Gasteiger partial charge is 0.363 e. The van der Waals surface area contributed by atoms with Gasteiger partial charge in [0.2, 0.25) is 0 Å². The predicted octanol–water partition coefficient (Wildman–Crippen LogP) is 3.86. The van der Waals surface area contributed by atoms with E-state index in [-0.39, 0.29) is 6.04 Å². The number of fused-ring (bicyclic) bond motifs is 1. The van der Waals surface area contributed by atoms with Crippen LogP contribution in [-0.2, 0) is 0 Å². The molecule has 0 aliphatic heterocycles. The third-order valence-corrected chi connectivity index (χ3v) is 3.74. The third-order valence-electron chi connectivity index (χ3n) is 2.91. The average Bonchev–Trinajstić information content (AvgIpc) is 2.89. The molecule has 3 aromatic rings. The van der Waals surface area contributed by atoms with Gasteiger partial charge in [0, 0.05) is 6.04 Å². The summed E-state index contributed by atoms with van der Waals surface area (Å²) in [6.07, 6.45) is 1.61. The van der Waals surface area contributed by atoms with Crippen LogP contribution in [0.4, 0.5) is 5.82 Å². The van der Waals surface area contributed by atoms with Crippen LogP contribution in [0.2, 0.25) is 0 Å². The van der Waals surface area contributed by atoms with Crippen molar-refractivity contribution in [2.24, 2.45) is 0 Å². The zero-order valence-electron chi connectivity index (χ0n) is 10.00. The van der Waals surface area contributed by atoms with E-state index in [0.717, 1.165) is 16.0 Å². The summed E-state index contributed by atoms with van der Waals surface area (Å²) in [6, 6.07) is 12.6. The molecule has 1 N–H and O–H groups in total. The predicted molar refractivity (Wildman–Crippen MR) is 75.9 cm³/mol. The van der Waals surface area contributed by atoms with E-state index in [1.165, 1.54) is 5.56 Å². The fourth-order valence-electron chi connectivity index (χ4n) is 1.94. The zero-order valence-corrected chi connectivity index (χ0v) is 10.8. The summed E-state index contributed by atoms with van der Waals surface area (Å²) in [4.78, 5) is 9.60. The summed E-state index contributed by atoms with van der Waals surface area (Å²) in [6.45, 7) is 2.13. The highest BCUT2D eigenvalue weighted by Gasteiger charge is 2.09. The standard InChI is InChI=1S/C14H13N3S/c1-10(11-5-3-2-4-6-11)17-13-12-7-8-18-14(12)16-9-15-13/h2-10H,1H3,(H,15,16,17)/t10-/m1/s1. The van der Waals surface area contributed by atoms with Crippen molar-refractivity contribution in [3.05, 3.63) is 53.7 Å². The second-order valence-electron chi connectivity index (χ2n) is 4.14. The van der Waals surface area contributed by atoms with Gasteiger partial charge < -0.3 is 5.32 Å². The summed E-state index contributed by atoms with van der Waals surface area (Å²) in [5.41, 5.74) is 1.25. The molecule has 0 fully saturated rings. The normalized spacial score (nSPS) is 12.5. The van der Waals surface area contributed by atoms with E-state index in [9.17, 15) is 0 Å². The highest BCUT2D eigenvalue weighted by atomic mass is 32.1. The summed E-state index contributed by atoms with van der Waals surface area (Å²) in [7, 11) is 0. The van der Waals surface area contributed by atoms with Gasteiger partial charge in [0.1, 0.15) is 17.0 Å². The molecule has 0 amide bonds. The van der Waals surface area contributed by atoms with Crippen LogP contribution in [0.15, 0.2) is 48.1 Å². The number of hydrogen-bond acceptors (Lipinski definition) is 4. The Morgan fingerprint density at radius 3 is 2.78 bits per heavy atom. The number of benzene rings is 1. The lowest BCUT2D eigenvalue weighted by Crippen LogP contribution is -2.08. The molecule has 0 saturated carbocycles. The van der Waals surface area contributed by atoms with Gasteiger partial charge in [-0.1, -0.05) is 30.3 Å². The fraction of sp³-hybridized carbons (Fsp3) is 0.143. The van der Waals surface area contributed by atoms with Gasteiger partial charge in [-0.15, -0.1) is 11.3 Å². The lowest BCUT2D eigenvalue weighted by Gasteiger charge is -2.15. The summed E-state index contributed by atoms with van der Waals surface area (Å²) < 4.78 is 0. The van der Waals surface area contributed by atoms with Gasteiger partial charge in [0.25, 0.3) is 0 Å². The molecule has 4 heteroatoms. The number of nitrogens with zero attached hydrogens (tertiary/aromatic N) is 2. The topological polar surface area (TPSA) is 37.8 Å². The lowest BCUT2D eigenvalue weighted by molar-refractivity contribution is 0.876. The van der Waals surface area contributed by atoms with Crippen LogP contribution >= 0.6 is 11.3 Å². The second kappa shape index (κ2) is 4.74. The Labute approximate surface area is 110 Å². The molecule has 2 aromatic heterocycles. The van der Waals surface area contributed by atoms with E-state index in [1.54, 1.807) is 17.7 Å². The maximum Gasteiger partial charge on any atom is 0.138 e. The van der Waals surface area contributed by atoms with Crippen molar-refractivity contribution in [3.8, 4) is 0 Å². The molecular formula is C14H13N3S. The summed E-state index contributed by atoms with van der Waals surface area (Å²) in [5.74, 6) is 0.901. The molecule has 18 heavy (non-hydrogen) atoms. The van der Waals surface area contributed by atoms with E-state index in [0.29, 0.717) is 0 Å². The highest BCUT2D eigenvalue weighted by Crippen LogP contribution is 2.26. The van der Waals surface area contributed by atoms with Crippen LogP contribution in [-0.4, -0.2) is 9.97 Å². The Bertz CT molecular complexity index is 648. The summed E-state index contributed by atoms with van der Waals surface area (Å²) in [5, 5.41) is 6.57. The maximum atomic E-state index is 4.33. The van der Waals surface area contributed by atoms with Gasteiger partial charge >= 0.3 is 0 Å². The second-order valence-corrected chi connectivity index (χ2v) is 5.03. The molecular weight excluding hydrogens is 242 g/mol. The van der Waals surface area contributed by atoms with Crippen molar-refractivity contribution in [2.45, 2.75) is 13.0 Å². The van der Waals surface area contributed by atoms with Crippen molar-refractivity contribution < 1.29 is 0 Å². The van der Waals surface area contributed by atoms with Gasteiger partial charge in [0.15, 0.2) is 0 Å². The first kappa shape index (κ1) is 11.2.